The first-order chi connectivity index (χ1) is 13.2. The number of hydrogen-bond acceptors (Lipinski definition) is 3. The van der Waals surface area contributed by atoms with Gasteiger partial charge in [0.25, 0.3) is 0 Å². The molecule has 0 aliphatic carbocycles. The molecule has 0 saturated carbocycles. The summed E-state index contributed by atoms with van der Waals surface area (Å²) in [6, 6.07) is 8.42. The highest BCUT2D eigenvalue weighted by Crippen LogP contribution is 2.40. The van der Waals surface area contributed by atoms with Gasteiger partial charge in [-0.05, 0) is 5.56 Å². The van der Waals surface area contributed by atoms with E-state index in [2.05, 4.69) is 9.47 Å². The topological polar surface area (TPSA) is 27.7 Å². The number of alkyl halides is 10. The third-order valence-electron chi connectivity index (χ3n) is 3.29. The maximum Gasteiger partial charge on any atom is 0.482 e. The van der Waals surface area contributed by atoms with Crippen molar-refractivity contribution >= 4 is 0 Å². The zero-order chi connectivity index (χ0) is 22.3. The van der Waals surface area contributed by atoms with Gasteiger partial charge in [0.15, 0.2) is 0 Å². The molecule has 168 valence electrons. The molecule has 0 aliphatic rings. The molecule has 0 spiro atoms. The number of hydrogen-bond donors (Lipinski definition) is 0. The summed E-state index contributed by atoms with van der Waals surface area (Å²) < 4.78 is 139. The van der Waals surface area contributed by atoms with Gasteiger partial charge in [-0.2, -0.15) is 39.5 Å². The molecule has 0 bridgehead atoms. The van der Waals surface area contributed by atoms with Crippen molar-refractivity contribution in [3.63, 3.8) is 0 Å². The van der Waals surface area contributed by atoms with Crippen LogP contribution in [0.25, 0.3) is 0 Å². The summed E-state index contributed by atoms with van der Waals surface area (Å²) in [7, 11) is 0. The number of ether oxygens (including phenoxy) is 3. The van der Waals surface area contributed by atoms with Crippen LogP contribution in [0, 0.1) is 0 Å². The lowest BCUT2D eigenvalue weighted by Crippen LogP contribution is -2.51. The Hall–Kier alpha value is -1.60. The molecule has 29 heavy (non-hydrogen) atoms. The van der Waals surface area contributed by atoms with E-state index in [0.29, 0.717) is 5.56 Å². The van der Waals surface area contributed by atoms with Gasteiger partial charge >= 0.3 is 24.1 Å². The minimum absolute atomic E-state index is 0.0136. The largest absolute Gasteiger partial charge is 0.482 e. The van der Waals surface area contributed by atoms with Crippen molar-refractivity contribution in [1.29, 1.82) is 0 Å². The minimum Gasteiger partial charge on any atom is -0.374 e. The van der Waals surface area contributed by atoms with E-state index in [1.807, 2.05) is 0 Å². The normalized spacial score (nSPS) is 14.8. The molecular weight excluding hydrogens is 430 g/mol. The fourth-order valence-electron chi connectivity index (χ4n) is 1.72. The van der Waals surface area contributed by atoms with Gasteiger partial charge in [0, 0.05) is 0 Å². The lowest BCUT2D eigenvalue weighted by Gasteiger charge is -2.28. The van der Waals surface area contributed by atoms with E-state index in [1.165, 1.54) is 0 Å². The molecular formula is C16H16F10O3. The summed E-state index contributed by atoms with van der Waals surface area (Å²) in [6.45, 7) is -6.80. The van der Waals surface area contributed by atoms with Crippen molar-refractivity contribution in [2.45, 2.75) is 36.9 Å². The van der Waals surface area contributed by atoms with Crippen LogP contribution in [0.5, 0.6) is 0 Å². The van der Waals surface area contributed by atoms with Crippen LogP contribution in [0.3, 0.4) is 0 Å². The first-order valence-electron chi connectivity index (χ1n) is 7.85. The molecule has 0 radical (unpaired) electrons. The Labute approximate surface area is 158 Å². The summed E-state index contributed by atoms with van der Waals surface area (Å²) in [5.41, 5.74) is 0.683. The van der Waals surface area contributed by atoms with Gasteiger partial charge < -0.3 is 14.2 Å². The molecule has 0 fully saturated rings. The fourth-order valence-corrected chi connectivity index (χ4v) is 1.72. The third kappa shape index (κ3) is 7.97. The van der Waals surface area contributed by atoms with Crippen LogP contribution in [-0.4, -0.2) is 56.7 Å². The van der Waals surface area contributed by atoms with Crippen LogP contribution in [0.2, 0.25) is 0 Å². The van der Waals surface area contributed by atoms with E-state index in [1.54, 1.807) is 30.3 Å². The molecule has 0 N–H and O–H groups in total. The number of halogens is 10. The predicted octanol–water partition coefficient (Wildman–Crippen LogP) is 5.00. The van der Waals surface area contributed by atoms with Crippen molar-refractivity contribution in [2.75, 3.05) is 26.4 Å². The second kappa shape index (κ2) is 9.94. The van der Waals surface area contributed by atoms with Crippen molar-refractivity contribution in [1.82, 2.24) is 0 Å². The zero-order valence-corrected chi connectivity index (χ0v) is 14.5. The Morgan fingerprint density at radius 2 is 1.24 bits per heavy atom. The Morgan fingerprint density at radius 1 is 0.724 bits per heavy atom. The van der Waals surface area contributed by atoms with E-state index in [9.17, 15) is 43.9 Å². The molecule has 1 aromatic carbocycles. The molecule has 1 aromatic rings. The second-order valence-corrected chi connectivity index (χ2v) is 5.83. The molecule has 0 saturated heterocycles. The molecule has 1 atom stereocenters. The zero-order valence-electron chi connectivity index (χ0n) is 14.5. The Kier molecular flexibility index (Phi) is 8.72. The quantitative estimate of drug-likeness (QED) is 0.423. The van der Waals surface area contributed by atoms with Crippen LogP contribution >= 0.6 is 0 Å². The van der Waals surface area contributed by atoms with Gasteiger partial charge in [-0.15, -0.1) is 0 Å². The lowest BCUT2D eigenvalue weighted by molar-refractivity contribution is -0.406. The average Bonchev–Trinajstić information content (AvgIpc) is 2.60. The maximum atomic E-state index is 13.5. The second-order valence-electron chi connectivity index (χ2n) is 5.83. The summed E-state index contributed by atoms with van der Waals surface area (Å²) in [5, 5.41) is 0. The monoisotopic (exact) mass is 446 g/mol. The van der Waals surface area contributed by atoms with Gasteiger partial charge in [-0.3, -0.25) is 0 Å². The highest BCUT2D eigenvalue weighted by Gasteiger charge is 2.63. The van der Waals surface area contributed by atoms with Crippen LogP contribution in [0.15, 0.2) is 30.3 Å². The first-order valence-corrected chi connectivity index (χ1v) is 7.85. The van der Waals surface area contributed by atoms with Crippen LogP contribution < -0.4 is 0 Å². The van der Waals surface area contributed by atoms with Crippen molar-refractivity contribution in [2.24, 2.45) is 0 Å². The molecule has 13 heteroatoms. The lowest BCUT2D eigenvalue weighted by atomic mass is 10.2. The molecule has 0 amide bonds. The summed E-state index contributed by atoms with van der Waals surface area (Å²) in [4.78, 5) is 0. The van der Waals surface area contributed by atoms with E-state index >= 15 is 0 Å². The third-order valence-corrected chi connectivity index (χ3v) is 3.29. The molecule has 0 heterocycles. The molecule has 1 rings (SSSR count). The van der Waals surface area contributed by atoms with Gasteiger partial charge in [-0.25, -0.2) is 4.39 Å². The van der Waals surface area contributed by atoms with Gasteiger partial charge in [0.05, 0.1) is 19.8 Å². The predicted molar refractivity (Wildman–Crippen MR) is 78.7 cm³/mol. The van der Waals surface area contributed by atoms with E-state index in [4.69, 9.17) is 4.74 Å². The Bertz CT molecular complexity index is 607. The van der Waals surface area contributed by atoms with E-state index in [-0.39, 0.29) is 6.61 Å². The van der Waals surface area contributed by atoms with Gasteiger partial charge in [0.2, 0.25) is 0 Å². The van der Waals surface area contributed by atoms with Crippen molar-refractivity contribution in [3.05, 3.63) is 35.9 Å². The van der Waals surface area contributed by atoms with Crippen molar-refractivity contribution in [3.8, 4) is 0 Å². The average molecular weight is 446 g/mol. The van der Waals surface area contributed by atoms with Crippen LogP contribution in [-0.2, 0) is 20.8 Å². The highest BCUT2D eigenvalue weighted by molar-refractivity contribution is 5.13. The number of rotatable bonds is 12. The molecule has 0 aliphatic heterocycles. The number of benzene rings is 1. The Balaban J connectivity index is 2.40. The SMILES string of the molecule is F[C@@H](COCc1ccccc1)COCC(F)(F)C(F)(F)COC(F)(F)C(F)(F)F. The Morgan fingerprint density at radius 3 is 1.79 bits per heavy atom. The summed E-state index contributed by atoms with van der Waals surface area (Å²) >= 11 is 0. The molecule has 3 nitrogen and oxygen atoms in total. The maximum absolute atomic E-state index is 13.5. The van der Waals surface area contributed by atoms with Crippen LogP contribution in [0.1, 0.15) is 5.56 Å². The smallest absolute Gasteiger partial charge is 0.374 e. The molecule has 0 aromatic heterocycles. The summed E-state index contributed by atoms with van der Waals surface area (Å²) in [6.07, 6.45) is -14.4. The van der Waals surface area contributed by atoms with Crippen molar-refractivity contribution < 1.29 is 58.1 Å². The van der Waals surface area contributed by atoms with Crippen LogP contribution in [0.4, 0.5) is 43.9 Å². The van der Waals surface area contributed by atoms with Gasteiger partial charge in [0.1, 0.15) is 19.4 Å². The fraction of sp³-hybridized carbons (Fsp3) is 0.625. The van der Waals surface area contributed by atoms with E-state index < -0.39 is 56.7 Å². The first kappa shape index (κ1) is 25.4. The van der Waals surface area contributed by atoms with E-state index in [0.717, 1.165) is 0 Å². The highest BCUT2D eigenvalue weighted by atomic mass is 19.4. The summed E-state index contributed by atoms with van der Waals surface area (Å²) in [5.74, 6) is -10.6. The molecule has 0 unspecified atom stereocenters. The van der Waals surface area contributed by atoms with Gasteiger partial charge in [-0.1, -0.05) is 30.3 Å². The minimum atomic E-state index is -6.37. The standard InChI is InChI=1S/C16H16F10O3/c17-12(7-27-6-11-4-2-1-3-5-11)8-28-9-13(18,19)14(20,21)10-29-16(25,26)15(22,23)24/h1-5,12H,6-10H2/t12-/m0/s1.